The van der Waals surface area contributed by atoms with Crippen LogP contribution in [0.25, 0.3) is 0 Å². The Morgan fingerprint density at radius 1 is 1.59 bits per heavy atom. The maximum Gasteiger partial charge on any atom is 0.326 e. The van der Waals surface area contributed by atoms with Crippen LogP contribution < -0.4 is 10.1 Å². The quantitative estimate of drug-likeness (QED) is 0.823. The second-order valence-corrected chi connectivity index (χ2v) is 4.08. The fourth-order valence-corrected chi connectivity index (χ4v) is 1.76. The van der Waals surface area contributed by atoms with Crippen molar-refractivity contribution in [2.24, 2.45) is 0 Å². The molecule has 0 unspecified atom stereocenters. The van der Waals surface area contributed by atoms with Gasteiger partial charge in [-0.3, -0.25) is 0 Å². The second kappa shape index (κ2) is 6.35. The highest BCUT2D eigenvalue weighted by Crippen LogP contribution is 2.27. The van der Waals surface area contributed by atoms with Crippen molar-refractivity contribution >= 4 is 23.3 Å². The lowest BCUT2D eigenvalue weighted by Crippen LogP contribution is -2.28. The van der Waals surface area contributed by atoms with E-state index < -0.39 is 12.0 Å². The largest absolute Gasteiger partial charge is 0.495 e. The van der Waals surface area contributed by atoms with E-state index in [1.165, 1.54) is 7.11 Å². The van der Waals surface area contributed by atoms with Crippen molar-refractivity contribution in [2.75, 3.05) is 12.4 Å². The normalized spacial score (nSPS) is 11.9. The van der Waals surface area contributed by atoms with Crippen molar-refractivity contribution in [1.29, 1.82) is 0 Å². The van der Waals surface area contributed by atoms with E-state index in [0.717, 1.165) is 6.42 Å². The number of halogens is 1. The van der Waals surface area contributed by atoms with Gasteiger partial charge in [0.1, 0.15) is 11.8 Å². The fourth-order valence-electron chi connectivity index (χ4n) is 1.50. The molecule has 1 rings (SSSR count). The maximum atomic E-state index is 11.0. The van der Waals surface area contributed by atoms with Crippen molar-refractivity contribution in [2.45, 2.75) is 25.8 Å². The van der Waals surface area contributed by atoms with Crippen molar-refractivity contribution in [3.05, 3.63) is 23.2 Å². The molecule has 0 amide bonds. The molecule has 0 spiro atoms. The fraction of sp³-hybridized carbons (Fsp3) is 0.417. The first-order valence-electron chi connectivity index (χ1n) is 5.41. The molecule has 0 aromatic heterocycles. The molecule has 0 aliphatic heterocycles. The van der Waals surface area contributed by atoms with Crippen LogP contribution in [0.3, 0.4) is 0 Å². The number of hydrogen-bond acceptors (Lipinski definition) is 3. The van der Waals surface area contributed by atoms with E-state index in [2.05, 4.69) is 5.32 Å². The molecule has 1 atom stereocenters. The summed E-state index contributed by atoms with van der Waals surface area (Å²) in [7, 11) is 1.53. The molecule has 94 valence electrons. The van der Waals surface area contributed by atoms with Gasteiger partial charge in [0.25, 0.3) is 0 Å². The third-order valence-corrected chi connectivity index (χ3v) is 2.66. The molecule has 4 nitrogen and oxygen atoms in total. The van der Waals surface area contributed by atoms with Crippen LogP contribution in [-0.2, 0) is 4.79 Å². The van der Waals surface area contributed by atoms with Crippen LogP contribution in [0.15, 0.2) is 18.2 Å². The van der Waals surface area contributed by atoms with E-state index in [9.17, 15) is 4.79 Å². The van der Waals surface area contributed by atoms with Crippen LogP contribution in [0.1, 0.15) is 19.8 Å². The average Bonchev–Trinajstić information content (AvgIpc) is 2.28. The van der Waals surface area contributed by atoms with Crippen molar-refractivity contribution in [3.8, 4) is 5.75 Å². The Hall–Kier alpha value is -1.42. The Kier molecular flexibility index (Phi) is 5.10. The highest BCUT2D eigenvalue weighted by atomic mass is 35.5. The number of aliphatic carboxylic acids is 1. The van der Waals surface area contributed by atoms with Crippen LogP contribution in [0.4, 0.5) is 5.69 Å². The molecule has 0 aliphatic carbocycles. The van der Waals surface area contributed by atoms with Gasteiger partial charge < -0.3 is 15.2 Å². The highest BCUT2D eigenvalue weighted by molar-refractivity contribution is 6.32. The first-order valence-corrected chi connectivity index (χ1v) is 5.79. The van der Waals surface area contributed by atoms with E-state index in [-0.39, 0.29) is 0 Å². The summed E-state index contributed by atoms with van der Waals surface area (Å²) in [5.41, 5.74) is 0.677. The third kappa shape index (κ3) is 3.82. The molecule has 2 N–H and O–H groups in total. The van der Waals surface area contributed by atoms with Gasteiger partial charge in [-0.15, -0.1) is 0 Å². The summed E-state index contributed by atoms with van der Waals surface area (Å²) < 4.78 is 5.02. The van der Waals surface area contributed by atoms with Gasteiger partial charge in [-0.05, 0) is 24.6 Å². The van der Waals surface area contributed by atoms with Crippen LogP contribution in [-0.4, -0.2) is 24.2 Å². The number of carboxylic acids is 1. The van der Waals surface area contributed by atoms with Crippen molar-refractivity contribution in [3.63, 3.8) is 0 Å². The Morgan fingerprint density at radius 2 is 2.29 bits per heavy atom. The van der Waals surface area contributed by atoms with E-state index in [0.29, 0.717) is 22.9 Å². The Morgan fingerprint density at radius 3 is 2.76 bits per heavy atom. The summed E-state index contributed by atoms with van der Waals surface area (Å²) in [5.74, 6) is -0.293. The Balaban J connectivity index is 2.79. The van der Waals surface area contributed by atoms with Gasteiger partial charge in [-0.25, -0.2) is 4.79 Å². The lowest BCUT2D eigenvalue weighted by atomic mass is 10.1. The molecule has 17 heavy (non-hydrogen) atoms. The number of rotatable bonds is 6. The molecule has 1 aromatic rings. The molecule has 0 bridgehead atoms. The van der Waals surface area contributed by atoms with E-state index >= 15 is 0 Å². The number of ether oxygens (including phenoxy) is 1. The average molecular weight is 258 g/mol. The minimum atomic E-state index is -0.862. The number of hydrogen-bond donors (Lipinski definition) is 2. The van der Waals surface area contributed by atoms with Gasteiger partial charge in [-0.2, -0.15) is 0 Å². The number of carbonyl (C=O) groups is 1. The number of anilines is 1. The summed E-state index contributed by atoms with van der Waals surface area (Å²) in [6.45, 7) is 1.94. The standard InChI is InChI=1S/C12H16ClNO3/c1-3-4-10(12(15)16)14-8-5-6-11(17-2)9(13)7-8/h5-7,10,14H,3-4H2,1-2H3,(H,15,16)/t10-/m0/s1. The van der Waals surface area contributed by atoms with Gasteiger partial charge in [0.2, 0.25) is 0 Å². The Labute approximate surface area is 106 Å². The van der Waals surface area contributed by atoms with Gasteiger partial charge in [0.05, 0.1) is 12.1 Å². The van der Waals surface area contributed by atoms with Gasteiger partial charge in [-0.1, -0.05) is 24.9 Å². The van der Waals surface area contributed by atoms with Crippen LogP contribution >= 0.6 is 11.6 Å². The lowest BCUT2D eigenvalue weighted by Gasteiger charge is -2.15. The van der Waals surface area contributed by atoms with Gasteiger partial charge in [0, 0.05) is 5.69 Å². The summed E-state index contributed by atoms with van der Waals surface area (Å²) >= 11 is 5.96. The molecule has 0 heterocycles. The third-order valence-electron chi connectivity index (χ3n) is 2.37. The molecule has 1 aromatic carbocycles. The zero-order chi connectivity index (χ0) is 12.8. The number of methoxy groups -OCH3 is 1. The smallest absolute Gasteiger partial charge is 0.326 e. The number of carboxylic acid groups (broad SMARTS) is 1. The second-order valence-electron chi connectivity index (χ2n) is 3.67. The van der Waals surface area contributed by atoms with Crippen LogP contribution in [0.2, 0.25) is 5.02 Å². The SMILES string of the molecule is CCC[C@H](Nc1ccc(OC)c(Cl)c1)C(=O)O. The summed E-state index contributed by atoms with van der Waals surface area (Å²) in [6, 6.07) is 4.52. The zero-order valence-corrected chi connectivity index (χ0v) is 10.6. The zero-order valence-electron chi connectivity index (χ0n) is 9.87. The van der Waals surface area contributed by atoms with Crippen LogP contribution in [0.5, 0.6) is 5.75 Å². The highest BCUT2D eigenvalue weighted by Gasteiger charge is 2.16. The summed E-state index contributed by atoms with van der Waals surface area (Å²) in [6.07, 6.45) is 1.37. The minimum absolute atomic E-state index is 0.457. The minimum Gasteiger partial charge on any atom is -0.495 e. The molecule has 5 heteroatoms. The molecule has 0 fully saturated rings. The first-order chi connectivity index (χ1) is 8.08. The predicted molar refractivity (Wildman–Crippen MR) is 68.0 cm³/mol. The van der Waals surface area contributed by atoms with E-state index in [4.69, 9.17) is 21.4 Å². The molecule has 0 saturated carbocycles. The Bertz CT molecular complexity index is 395. The van der Waals surface area contributed by atoms with E-state index in [1.807, 2.05) is 6.92 Å². The molecular formula is C12H16ClNO3. The van der Waals surface area contributed by atoms with E-state index in [1.54, 1.807) is 18.2 Å². The maximum absolute atomic E-state index is 11.0. The number of benzene rings is 1. The van der Waals surface area contributed by atoms with Gasteiger partial charge in [0.15, 0.2) is 0 Å². The van der Waals surface area contributed by atoms with Crippen molar-refractivity contribution < 1.29 is 14.6 Å². The van der Waals surface area contributed by atoms with Crippen LogP contribution in [0, 0.1) is 0 Å². The van der Waals surface area contributed by atoms with Crippen molar-refractivity contribution in [1.82, 2.24) is 0 Å². The molecule has 0 saturated heterocycles. The summed E-state index contributed by atoms with van der Waals surface area (Å²) in [5, 5.41) is 12.4. The first kappa shape index (κ1) is 13.6. The lowest BCUT2D eigenvalue weighted by molar-refractivity contribution is -0.138. The summed E-state index contributed by atoms with van der Waals surface area (Å²) in [4.78, 5) is 11.0. The predicted octanol–water partition coefficient (Wildman–Crippen LogP) is 3.01. The van der Waals surface area contributed by atoms with Gasteiger partial charge >= 0.3 is 5.97 Å². The number of nitrogens with one attached hydrogen (secondary N) is 1. The topological polar surface area (TPSA) is 58.6 Å². The monoisotopic (exact) mass is 257 g/mol. The molecule has 0 aliphatic rings. The molecular weight excluding hydrogens is 242 g/mol. The molecule has 0 radical (unpaired) electrons.